The van der Waals surface area contributed by atoms with E-state index in [1.165, 1.54) is 11.2 Å². The number of nitrogens with zero attached hydrogens (tertiary/aromatic N) is 4. The van der Waals surface area contributed by atoms with Crippen molar-refractivity contribution < 1.29 is 28.4 Å². The summed E-state index contributed by atoms with van der Waals surface area (Å²) in [7, 11) is 0. The molecule has 0 fully saturated rings. The van der Waals surface area contributed by atoms with E-state index in [2.05, 4.69) is 20.4 Å². The van der Waals surface area contributed by atoms with Crippen molar-refractivity contribution in [2.75, 3.05) is 11.9 Å². The molecule has 182 valence electrons. The van der Waals surface area contributed by atoms with Crippen LogP contribution >= 0.6 is 11.6 Å². The lowest BCUT2D eigenvalue weighted by Crippen LogP contribution is -2.47. The van der Waals surface area contributed by atoms with E-state index in [-0.39, 0.29) is 30.6 Å². The minimum Gasteiger partial charge on any atom is -0.476 e. The topological polar surface area (TPSA) is 143 Å². The molecule has 0 saturated carbocycles. The van der Waals surface area contributed by atoms with Gasteiger partial charge in [-0.15, -0.1) is 0 Å². The molecule has 2 aromatic carbocycles. The number of carbonyl (C=O) groups is 2. The molecule has 0 aliphatic carbocycles. The van der Waals surface area contributed by atoms with Crippen LogP contribution in [0.4, 0.5) is 5.69 Å². The molecule has 2 N–H and O–H groups in total. The fourth-order valence-electron chi connectivity index (χ4n) is 3.51. The molecule has 0 saturated heterocycles. The Kier molecular flexibility index (Phi) is 6.37. The highest BCUT2D eigenvalue weighted by Gasteiger charge is 2.36. The predicted molar refractivity (Wildman–Crippen MR) is 127 cm³/mol. The molecule has 0 spiro atoms. The third-order valence-corrected chi connectivity index (χ3v) is 5.54. The number of amides is 1. The van der Waals surface area contributed by atoms with Crippen LogP contribution in [0, 0.1) is 0 Å². The van der Waals surface area contributed by atoms with Crippen LogP contribution in [0.15, 0.2) is 81.1 Å². The van der Waals surface area contributed by atoms with Crippen molar-refractivity contribution in [3.8, 4) is 11.6 Å². The van der Waals surface area contributed by atoms with Crippen molar-refractivity contribution in [3.63, 3.8) is 0 Å². The van der Waals surface area contributed by atoms with E-state index in [1.54, 1.807) is 54.6 Å². The molecule has 1 atom stereocenters. The Bertz CT molecular complexity index is 1400. The second-order valence-corrected chi connectivity index (χ2v) is 8.17. The Morgan fingerprint density at radius 2 is 1.94 bits per heavy atom. The molecule has 11 nitrogen and oxygen atoms in total. The molecule has 3 heterocycles. The maximum Gasteiger partial charge on any atom is 0.357 e. The number of anilines is 1. The average molecular weight is 508 g/mol. The first kappa shape index (κ1) is 23.1. The number of benzene rings is 2. The van der Waals surface area contributed by atoms with Crippen molar-refractivity contribution in [2.24, 2.45) is 4.99 Å². The third-order valence-electron chi connectivity index (χ3n) is 5.28. The smallest absolute Gasteiger partial charge is 0.357 e. The Morgan fingerprint density at radius 1 is 1.17 bits per heavy atom. The molecular weight excluding hydrogens is 490 g/mol. The Hall–Kier alpha value is -4.64. The Balaban J connectivity index is 1.39. The highest BCUT2D eigenvalue weighted by Crippen LogP contribution is 2.27. The van der Waals surface area contributed by atoms with Gasteiger partial charge in [0.2, 0.25) is 17.8 Å². The van der Waals surface area contributed by atoms with Gasteiger partial charge in [-0.05, 0) is 47.1 Å². The molecule has 4 aromatic rings. The van der Waals surface area contributed by atoms with Crippen molar-refractivity contribution in [1.29, 1.82) is 0 Å². The molecule has 1 unspecified atom stereocenters. The van der Waals surface area contributed by atoms with Gasteiger partial charge < -0.3 is 24.1 Å². The number of ether oxygens (including phenoxy) is 1. The number of hydrogen-bond acceptors (Lipinski definition) is 9. The number of oxazole rings is 1. The lowest BCUT2D eigenvalue weighted by atomic mass is 10.1. The van der Waals surface area contributed by atoms with Gasteiger partial charge in [0.05, 0.1) is 13.1 Å². The molecule has 2 aromatic heterocycles. The van der Waals surface area contributed by atoms with Crippen molar-refractivity contribution in [1.82, 2.24) is 15.0 Å². The number of aromatic nitrogens is 2. The summed E-state index contributed by atoms with van der Waals surface area (Å²) in [5, 5.41) is 16.6. The Labute approximate surface area is 209 Å². The van der Waals surface area contributed by atoms with Crippen LogP contribution in [0.25, 0.3) is 0 Å². The normalized spacial score (nSPS) is 15.5. The maximum atomic E-state index is 13.5. The van der Waals surface area contributed by atoms with Crippen molar-refractivity contribution in [3.05, 3.63) is 89.3 Å². The number of carboxylic acids is 1. The first-order valence-electron chi connectivity index (χ1n) is 10.7. The average Bonchev–Trinajstić information content (AvgIpc) is 3.57. The lowest BCUT2D eigenvalue weighted by Gasteiger charge is -2.31. The zero-order valence-corrected chi connectivity index (χ0v) is 19.3. The monoisotopic (exact) mass is 507 g/mol. The molecule has 5 rings (SSSR count). The molecule has 1 aliphatic heterocycles. The first-order chi connectivity index (χ1) is 17.5. The maximum absolute atomic E-state index is 13.5. The molecule has 1 amide bonds. The Morgan fingerprint density at radius 3 is 2.61 bits per heavy atom. The van der Waals surface area contributed by atoms with E-state index in [0.29, 0.717) is 28.3 Å². The van der Waals surface area contributed by atoms with Gasteiger partial charge in [0.25, 0.3) is 5.88 Å². The highest BCUT2D eigenvalue weighted by atomic mass is 35.5. The molecular formula is C24H18ClN5O6. The van der Waals surface area contributed by atoms with E-state index in [4.69, 9.17) is 30.4 Å². The van der Waals surface area contributed by atoms with Crippen LogP contribution in [0.5, 0.6) is 11.6 Å². The van der Waals surface area contributed by atoms with Crippen LogP contribution in [0.1, 0.15) is 27.9 Å². The van der Waals surface area contributed by atoms with Gasteiger partial charge in [-0.3, -0.25) is 14.7 Å². The molecule has 1 aliphatic rings. The number of halogens is 1. The highest BCUT2D eigenvalue weighted by molar-refractivity contribution is 6.30. The number of carbonyl (C=O) groups excluding carboxylic acids is 1. The second kappa shape index (κ2) is 9.92. The minimum absolute atomic E-state index is 0.00401. The van der Waals surface area contributed by atoms with Crippen LogP contribution in [0.3, 0.4) is 0 Å². The van der Waals surface area contributed by atoms with Crippen LogP contribution < -0.4 is 10.1 Å². The zero-order valence-electron chi connectivity index (χ0n) is 18.5. The fraction of sp³-hybridized carbons (Fsp3) is 0.125. The van der Waals surface area contributed by atoms with Crippen LogP contribution in [0.2, 0.25) is 5.02 Å². The number of aliphatic imine (C=N–C) groups is 1. The minimum atomic E-state index is -1.24. The van der Waals surface area contributed by atoms with Gasteiger partial charge >= 0.3 is 5.97 Å². The number of nitrogens with one attached hydrogen (secondary N) is 1. The van der Waals surface area contributed by atoms with E-state index in [1.807, 2.05) is 0 Å². The summed E-state index contributed by atoms with van der Waals surface area (Å²) in [5.74, 6) is -1.25. The molecule has 0 bridgehead atoms. The largest absolute Gasteiger partial charge is 0.476 e. The molecule has 12 heteroatoms. The lowest BCUT2D eigenvalue weighted by molar-refractivity contribution is -0.130. The van der Waals surface area contributed by atoms with E-state index in [9.17, 15) is 9.59 Å². The van der Waals surface area contributed by atoms with Crippen LogP contribution in [-0.2, 0) is 11.3 Å². The summed E-state index contributed by atoms with van der Waals surface area (Å²) < 4.78 is 15.6. The number of carboxylic acid groups (broad SMARTS) is 1. The first-order valence-corrected chi connectivity index (χ1v) is 11.1. The summed E-state index contributed by atoms with van der Waals surface area (Å²) in [5.41, 5.74) is 1.21. The fourth-order valence-corrected chi connectivity index (χ4v) is 3.63. The SMILES string of the molecule is O=C(O)c1coc(C2CN=C(Nc3ccc(Oc4ccon4)cc3)N(Cc3ccc(Cl)cc3)C2=O)n1. The third kappa shape index (κ3) is 5.05. The summed E-state index contributed by atoms with van der Waals surface area (Å²) in [6.45, 7) is 0.226. The van der Waals surface area contributed by atoms with E-state index >= 15 is 0 Å². The van der Waals surface area contributed by atoms with Gasteiger partial charge in [0, 0.05) is 16.8 Å². The number of aromatic carboxylic acids is 1. The van der Waals surface area contributed by atoms with Crippen molar-refractivity contribution >= 4 is 35.1 Å². The summed E-state index contributed by atoms with van der Waals surface area (Å²) in [4.78, 5) is 34.6. The van der Waals surface area contributed by atoms with Gasteiger partial charge in [0.15, 0.2) is 5.69 Å². The van der Waals surface area contributed by atoms with E-state index < -0.39 is 11.9 Å². The van der Waals surface area contributed by atoms with Gasteiger partial charge in [-0.25, -0.2) is 9.78 Å². The molecule has 36 heavy (non-hydrogen) atoms. The summed E-state index contributed by atoms with van der Waals surface area (Å²) >= 11 is 6.00. The summed E-state index contributed by atoms with van der Waals surface area (Å²) in [6.07, 6.45) is 2.42. The van der Waals surface area contributed by atoms with Crippen molar-refractivity contribution in [2.45, 2.75) is 12.5 Å². The van der Waals surface area contributed by atoms with E-state index in [0.717, 1.165) is 11.8 Å². The summed E-state index contributed by atoms with van der Waals surface area (Å²) in [6, 6.07) is 15.7. The molecule has 0 radical (unpaired) electrons. The van der Waals surface area contributed by atoms with Gasteiger partial charge in [0.1, 0.15) is 24.2 Å². The number of guanidine groups is 1. The number of rotatable bonds is 7. The second-order valence-electron chi connectivity index (χ2n) is 7.73. The standard InChI is InChI=1S/C24H18ClN5O6/c25-15-3-1-14(2-4-15)12-30-22(31)18(21-28-19(13-34-21)23(32)33)11-26-24(30)27-16-5-7-17(8-6-16)36-20-9-10-35-29-20/h1-10,13,18H,11-12H2,(H,26,27)(H,32,33). The zero-order chi connectivity index (χ0) is 25.1. The quantitative estimate of drug-likeness (QED) is 0.372. The van der Waals surface area contributed by atoms with Crippen LogP contribution in [-0.4, -0.2) is 44.5 Å². The predicted octanol–water partition coefficient (Wildman–Crippen LogP) is 4.40. The number of hydrogen-bond donors (Lipinski definition) is 2. The van der Waals surface area contributed by atoms with Gasteiger partial charge in [-0.2, -0.15) is 0 Å². The van der Waals surface area contributed by atoms with Gasteiger partial charge in [-0.1, -0.05) is 23.7 Å².